The summed E-state index contributed by atoms with van der Waals surface area (Å²) in [5, 5.41) is 0. The molecule has 362 valence electrons. The molecule has 0 aromatic heterocycles. The van der Waals surface area contributed by atoms with Gasteiger partial charge < -0.3 is 14.2 Å². The number of ether oxygens (including phenoxy) is 3. The smallest absolute Gasteiger partial charge is 0.306 e. The summed E-state index contributed by atoms with van der Waals surface area (Å²) in [7, 11) is 0. The zero-order valence-corrected chi connectivity index (χ0v) is 41.2. The molecule has 1 unspecified atom stereocenters. The number of esters is 3. The molecule has 0 aromatic carbocycles. The van der Waals surface area contributed by atoms with Crippen LogP contribution in [0.15, 0.2) is 146 Å². The van der Waals surface area contributed by atoms with Crippen molar-refractivity contribution in [2.45, 2.75) is 194 Å². The number of hydrogen-bond acceptors (Lipinski definition) is 6. The van der Waals surface area contributed by atoms with Gasteiger partial charge in [0.15, 0.2) is 6.10 Å². The van der Waals surface area contributed by atoms with Crippen LogP contribution in [0.3, 0.4) is 0 Å². The van der Waals surface area contributed by atoms with Gasteiger partial charge >= 0.3 is 17.9 Å². The fraction of sp³-hybridized carbons (Fsp3) is 0.542. The van der Waals surface area contributed by atoms with Gasteiger partial charge in [-0.3, -0.25) is 14.4 Å². The molecule has 0 saturated carbocycles. The number of rotatable bonds is 43. The summed E-state index contributed by atoms with van der Waals surface area (Å²) in [5.41, 5.74) is 0. The highest BCUT2D eigenvalue weighted by atomic mass is 16.6. The van der Waals surface area contributed by atoms with Crippen molar-refractivity contribution in [2.24, 2.45) is 0 Å². The van der Waals surface area contributed by atoms with Gasteiger partial charge in [-0.2, -0.15) is 0 Å². The molecule has 0 rings (SSSR count). The molecule has 0 saturated heterocycles. The van der Waals surface area contributed by atoms with Gasteiger partial charge in [-0.05, 0) is 122 Å². The zero-order valence-electron chi connectivity index (χ0n) is 41.2. The molecule has 0 heterocycles. The number of carbonyl (C=O) groups excluding carboxylic acids is 3. The highest BCUT2D eigenvalue weighted by Crippen LogP contribution is 2.10. The van der Waals surface area contributed by atoms with E-state index < -0.39 is 6.10 Å². The Morgan fingerprint density at radius 3 is 1.06 bits per heavy atom. The van der Waals surface area contributed by atoms with Crippen LogP contribution in [0.1, 0.15) is 188 Å². The third kappa shape index (κ3) is 50.2. The number of hydrogen-bond donors (Lipinski definition) is 0. The first kappa shape index (κ1) is 60.3. The van der Waals surface area contributed by atoms with Crippen LogP contribution in [0, 0.1) is 0 Å². The van der Waals surface area contributed by atoms with Crippen LogP contribution in [-0.2, 0) is 28.6 Å². The average Bonchev–Trinajstić information content (AvgIpc) is 3.30. The number of carbonyl (C=O) groups is 3. The van der Waals surface area contributed by atoms with Gasteiger partial charge in [-0.25, -0.2) is 0 Å². The summed E-state index contributed by atoms with van der Waals surface area (Å²) in [4.78, 5) is 37.8. The molecule has 1 atom stereocenters. The first-order chi connectivity index (χ1) is 32.0. The Balaban J connectivity index is 4.57. The van der Waals surface area contributed by atoms with E-state index in [2.05, 4.69) is 154 Å². The predicted octanol–water partition coefficient (Wildman–Crippen LogP) is 16.9. The molecule has 0 amide bonds. The molecule has 0 spiro atoms. The van der Waals surface area contributed by atoms with E-state index in [1.54, 1.807) is 0 Å². The van der Waals surface area contributed by atoms with Crippen molar-refractivity contribution in [1.29, 1.82) is 0 Å². The van der Waals surface area contributed by atoms with Crippen LogP contribution in [0.2, 0.25) is 0 Å². The third-order valence-corrected chi connectivity index (χ3v) is 9.82. The van der Waals surface area contributed by atoms with Crippen LogP contribution < -0.4 is 0 Å². The van der Waals surface area contributed by atoms with Crippen LogP contribution in [0.4, 0.5) is 0 Å². The van der Waals surface area contributed by atoms with Crippen molar-refractivity contribution < 1.29 is 28.6 Å². The molecule has 0 aliphatic heterocycles. The van der Waals surface area contributed by atoms with E-state index in [1.807, 2.05) is 12.2 Å². The van der Waals surface area contributed by atoms with Crippen molar-refractivity contribution >= 4 is 17.9 Å². The maximum atomic E-state index is 12.8. The second-order valence-corrected chi connectivity index (χ2v) is 16.0. The monoisotopic (exact) mass is 895 g/mol. The summed E-state index contributed by atoms with van der Waals surface area (Å²) >= 11 is 0. The summed E-state index contributed by atoms with van der Waals surface area (Å²) in [6.07, 6.45) is 74.3. The molecule has 6 nitrogen and oxygen atoms in total. The van der Waals surface area contributed by atoms with E-state index in [9.17, 15) is 14.4 Å². The highest BCUT2D eigenvalue weighted by Gasteiger charge is 2.19. The minimum atomic E-state index is -0.842. The van der Waals surface area contributed by atoms with Gasteiger partial charge in [0.1, 0.15) is 13.2 Å². The van der Waals surface area contributed by atoms with Gasteiger partial charge in [0.25, 0.3) is 0 Å². The van der Waals surface area contributed by atoms with Crippen LogP contribution >= 0.6 is 0 Å². The SMILES string of the molecule is CC/C=C\C/C=C\C/C=C\C/C=C\C/C=C\C/C=C\CCC(=O)OCC(COC(=O)CCC/C=C\CCCCCC)OC(=O)CCCCC/C=C\C/C=C\C/C=C\C/C=C\C/C=C\CC. The quantitative estimate of drug-likeness (QED) is 0.0263. The van der Waals surface area contributed by atoms with Crippen molar-refractivity contribution in [3.05, 3.63) is 146 Å². The molecular weight excluding hydrogens is 805 g/mol. The molecule has 0 radical (unpaired) electrons. The van der Waals surface area contributed by atoms with E-state index in [0.29, 0.717) is 19.3 Å². The van der Waals surface area contributed by atoms with Gasteiger partial charge in [0.05, 0.1) is 0 Å². The second kappa shape index (κ2) is 51.9. The Morgan fingerprint density at radius 2 is 0.646 bits per heavy atom. The van der Waals surface area contributed by atoms with Crippen molar-refractivity contribution in [3.8, 4) is 0 Å². The van der Waals surface area contributed by atoms with Gasteiger partial charge in [0, 0.05) is 19.3 Å². The minimum Gasteiger partial charge on any atom is -0.462 e. The minimum absolute atomic E-state index is 0.137. The summed E-state index contributed by atoms with van der Waals surface area (Å²) in [6.45, 7) is 6.22. The third-order valence-electron chi connectivity index (χ3n) is 9.82. The summed E-state index contributed by atoms with van der Waals surface area (Å²) < 4.78 is 16.6. The maximum absolute atomic E-state index is 12.8. The van der Waals surface area contributed by atoms with Crippen molar-refractivity contribution in [1.82, 2.24) is 0 Å². The fourth-order valence-electron chi connectivity index (χ4n) is 6.08. The molecule has 0 fully saturated rings. The Morgan fingerprint density at radius 1 is 0.323 bits per heavy atom. The summed E-state index contributed by atoms with van der Waals surface area (Å²) in [5.74, 6) is -1.10. The molecular formula is C59H90O6. The Bertz CT molecular complexity index is 1490. The average molecular weight is 895 g/mol. The number of unbranched alkanes of at least 4 members (excludes halogenated alkanes) is 8. The lowest BCUT2D eigenvalue weighted by Gasteiger charge is -2.18. The predicted molar refractivity (Wildman–Crippen MR) is 279 cm³/mol. The van der Waals surface area contributed by atoms with Gasteiger partial charge in [0.2, 0.25) is 0 Å². The zero-order chi connectivity index (χ0) is 47.2. The number of allylic oxidation sites excluding steroid dienone is 24. The lowest BCUT2D eigenvalue weighted by atomic mass is 10.1. The normalized spacial score (nSPS) is 13.3. The maximum Gasteiger partial charge on any atom is 0.306 e. The Kier molecular flexibility index (Phi) is 48.2. The molecule has 65 heavy (non-hydrogen) atoms. The fourth-order valence-corrected chi connectivity index (χ4v) is 6.08. The highest BCUT2D eigenvalue weighted by molar-refractivity contribution is 5.71. The van der Waals surface area contributed by atoms with Crippen LogP contribution in [0.5, 0.6) is 0 Å². The van der Waals surface area contributed by atoms with Gasteiger partial charge in [-0.15, -0.1) is 0 Å². The molecule has 0 aliphatic carbocycles. The topological polar surface area (TPSA) is 78.9 Å². The van der Waals surface area contributed by atoms with E-state index in [4.69, 9.17) is 14.2 Å². The molecule has 0 aliphatic rings. The Hall–Kier alpha value is -4.71. The van der Waals surface area contributed by atoms with E-state index in [1.165, 1.54) is 25.7 Å². The molecule has 0 bridgehead atoms. The lowest BCUT2D eigenvalue weighted by Crippen LogP contribution is -2.30. The molecule has 6 heteroatoms. The Labute approximate surface area is 397 Å². The van der Waals surface area contributed by atoms with Crippen molar-refractivity contribution in [3.63, 3.8) is 0 Å². The first-order valence-electron chi connectivity index (χ1n) is 25.3. The molecule has 0 N–H and O–H groups in total. The van der Waals surface area contributed by atoms with E-state index in [-0.39, 0.29) is 50.4 Å². The van der Waals surface area contributed by atoms with E-state index in [0.717, 1.165) is 103 Å². The van der Waals surface area contributed by atoms with Crippen LogP contribution in [-0.4, -0.2) is 37.2 Å². The van der Waals surface area contributed by atoms with Crippen molar-refractivity contribution in [2.75, 3.05) is 13.2 Å². The standard InChI is InChI=1S/C59H90O6/c1-4-7-10-13-16-19-21-23-25-27-29-31-33-35-37-40-43-46-49-52-58(61)64-55-56(54-63-57(60)51-48-45-42-39-18-15-12-9-6-3)65-59(62)53-50-47-44-41-38-36-34-32-30-28-26-24-22-20-17-14-11-8-5-2/h7-8,10-11,16-17,19-20,23-26,29-32,35-39,42-43,46,56H,4-6,9,12-15,18,21-22,27-28,33-34,40-41,44-45,47-55H2,1-3H3/b10-7-,11-8-,19-16-,20-17-,25-23-,26-24-,31-29-,32-30-,37-35-,38-36-,42-39-,46-43-. The largest absolute Gasteiger partial charge is 0.462 e. The lowest BCUT2D eigenvalue weighted by molar-refractivity contribution is -0.166. The summed E-state index contributed by atoms with van der Waals surface area (Å²) in [6, 6.07) is 0. The van der Waals surface area contributed by atoms with Gasteiger partial charge in [-0.1, -0.05) is 192 Å². The van der Waals surface area contributed by atoms with Crippen LogP contribution in [0.25, 0.3) is 0 Å². The molecule has 0 aromatic rings. The second-order valence-electron chi connectivity index (χ2n) is 16.0. The first-order valence-corrected chi connectivity index (χ1v) is 25.3. The van der Waals surface area contributed by atoms with E-state index >= 15 is 0 Å².